The minimum atomic E-state index is -3.82. The number of aromatic nitrogens is 2. The molecule has 0 saturated carbocycles. The summed E-state index contributed by atoms with van der Waals surface area (Å²) in [5.41, 5.74) is -0.304. The number of halogens is 1. The van der Waals surface area contributed by atoms with E-state index in [1.165, 1.54) is 7.05 Å². The normalized spacial score (nSPS) is 11.6. The van der Waals surface area contributed by atoms with Crippen molar-refractivity contribution in [3.8, 4) is 6.07 Å². The third-order valence-corrected chi connectivity index (χ3v) is 4.85. The molecule has 1 aromatic heterocycles. The lowest BCUT2D eigenvalue weighted by Crippen LogP contribution is -2.27. The number of aryl methyl sites for hydroxylation is 1. The Morgan fingerprint density at radius 2 is 2.19 bits per heavy atom. The summed E-state index contributed by atoms with van der Waals surface area (Å²) in [5.74, 6) is -0.174. The first-order chi connectivity index (χ1) is 9.86. The number of nitrogens with zero attached hydrogens (tertiary/aromatic N) is 4. The summed E-state index contributed by atoms with van der Waals surface area (Å²) < 4.78 is 40.9. The SMILES string of the molecule is CN(Cc1nccn1C)S(=O)(=O)c1ccc(F)c(C#N)c1. The predicted octanol–water partition coefficient (Wildman–Crippen LogP) is 1.25. The van der Waals surface area contributed by atoms with Gasteiger partial charge in [0.25, 0.3) is 0 Å². The average Bonchev–Trinajstić information content (AvgIpc) is 2.84. The number of benzene rings is 1. The number of sulfonamides is 1. The summed E-state index contributed by atoms with van der Waals surface area (Å²) in [4.78, 5) is 3.93. The Morgan fingerprint density at radius 1 is 1.48 bits per heavy atom. The second-order valence-electron chi connectivity index (χ2n) is 4.47. The molecule has 0 aliphatic rings. The van der Waals surface area contributed by atoms with Crippen LogP contribution in [-0.4, -0.2) is 29.3 Å². The number of rotatable bonds is 4. The molecule has 1 heterocycles. The van der Waals surface area contributed by atoms with Crippen LogP contribution in [0.5, 0.6) is 0 Å². The predicted molar refractivity (Wildman–Crippen MR) is 73.0 cm³/mol. The van der Waals surface area contributed by atoms with Crippen LogP contribution in [0.2, 0.25) is 0 Å². The first kappa shape index (κ1) is 15.2. The van der Waals surface area contributed by atoms with E-state index in [4.69, 9.17) is 5.26 Å². The minimum Gasteiger partial charge on any atom is -0.337 e. The highest BCUT2D eigenvalue weighted by Gasteiger charge is 2.23. The van der Waals surface area contributed by atoms with Gasteiger partial charge in [-0.1, -0.05) is 0 Å². The fourth-order valence-corrected chi connectivity index (χ4v) is 2.92. The summed E-state index contributed by atoms with van der Waals surface area (Å²) in [6, 6.07) is 4.77. The molecule has 110 valence electrons. The van der Waals surface area contributed by atoms with Crippen molar-refractivity contribution in [2.24, 2.45) is 7.05 Å². The lowest BCUT2D eigenvalue weighted by Gasteiger charge is -2.17. The average molecular weight is 308 g/mol. The van der Waals surface area contributed by atoms with Crippen molar-refractivity contribution in [3.05, 3.63) is 47.8 Å². The molecule has 0 spiro atoms. The molecule has 0 bridgehead atoms. The zero-order valence-electron chi connectivity index (χ0n) is 11.5. The fraction of sp³-hybridized carbons (Fsp3) is 0.231. The highest BCUT2D eigenvalue weighted by atomic mass is 32.2. The zero-order chi connectivity index (χ0) is 15.6. The van der Waals surface area contributed by atoms with Gasteiger partial charge in [-0.3, -0.25) is 0 Å². The first-order valence-electron chi connectivity index (χ1n) is 5.98. The van der Waals surface area contributed by atoms with Crippen LogP contribution in [0.4, 0.5) is 4.39 Å². The molecule has 0 radical (unpaired) electrons. The van der Waals surface area contributed by atoms with Gasteiger partial charge < -0.3 is 4.57 Å². The van der Waals surface area contributed by atoms with Gasteiger partial charge >= 0.3 is 0 Å². The van der Waals surface area contributed by atoms with Crippen molar-refractivity contribution in [2.45, 2.75) is 11.4 Å². The molecule has 0 amide bonds. The van der Waals surface area contributed by atoms with Crippen LogP contribution in [0.25, 0.3) is 0 Å². The van der Waals surface area contributed by atoms with E-state index in [2.05, 4.69) is 4.98 Å². The van der Waals surface area contributed by atoms with Gasteiger partial charge in [-0.15, -0.1) is 0 Å². The van der Waals surface area contributed by atoms with Crippen molar-refractivity contribution < 1.29 is 12.8 Å². The number of hydrogen-bond donors (Lipinski definition) is 0. The summed E-state index contributed by atoms with van der Waals surface area (Å²) >= 11 is 0. The Labute approximate surface area is 122 Å². The number of hydrogen-bond acceptors (Lipinski definition) is 4. The molecule has 0 N–H and O–H groups in total. The largest absolute Gasteiger partial charge is 0.337 e. The third-order valence-electron chi connectivity index (χ3n) is 3.05. The fourth-order valence-electron chi connectivity index (χ4n) is 1.76. The van der Waals surface area contributed by atoms with Crippen molar-refractivity contribution in [1.82, 2.24) is 13.9 Å². The molecule has 0 unspecified atom stereocenters. The van der Waals surface area contributed by atoms with E-state index in [-0.39, 0.29) is 17.0 Å². The van der Waals surface area contributed by atoms with Gasteiger partial charge in [-0.05, 0) is 18.2 Å². The highest BCUT2D eigenvalue weighted by molar-refractivity contribution is 7.89. The van der Waals surface area contributed by atoms with E-state index in [0.29, 0.717) is 5.82 Å². The van der Waals surface area contributed by atoms with Crippen molar-refractivity contribution in [3.63, 3.8) is 0 Å². The van der Waals surface area contributed by atoms with E-state index in [1.807, 2.05) is 0 Å². The van der Waals surface area contributed by atoms with Gasteiger partial charge in [0.1, 0.15) is 17.7 Å². The van der Waals surface area contributed by atoms with Gasteiger partial charge in [-0.25, -0.2) is 17.8 Å². The lowest BCUT2D eigenvalue weighted by atomic mass is 10.2. The van der Waals surface area contributed by atoms with Crippen LogP contribution in [-0.2, 0) is 23.6 Å². The molecule has 0 saturated heterocycles. The zero-order valence-corrected chi connectivity index (χ0v) is 12.3. The second kappa shape index (κ2) is 5.63. The van der Waals surface area contributed by atoms with Gasteiger partial charge in [0.15, 0.2) is 0 Å². The monoisotopic (exact) mass is 308 g/mol. The quantitative estimate of drug-likeness (QED) is 0.851. The van der Waals surface area contributed by atoms with E-state index in [1.54, 1.807) is 30.1 Å². The van der Waals surface area contributed by atoms with E-state index in [9.17, 15) is 12.8 Å². The Morgan fingerprint density at radius 3 is 2.76 bits per heavy atom. The number of nitriles is 1. The van der Waals surface area contributed by atoms with Crippen LogP contribution < -0.4 is 0 Å². The van der Waals surface area contributed by atoms with E-state index >= 15 is 0 Å². The third kappa shape index (κ3) is 2.94. The Balaban J connectivity index is 2.34. The molecular formula is C13H13FN4O2S. The smallest absolute Gasteiger partial charge is 0.243 e. The van der Waals surface area contributed by atoms with Gasteiger partial charge in [0.2, 0.25) is 10.0 Å². The summed E-state index contributed by atoms with van der Waals surface area (Å²) in [6.45, 7) is 0.0745. The van der Waals surface area contributed by atoms with Crippen molar-refractivity contribution in [2.75, 3.05) is 7.05 Å². The van der Waals surface area contributed by atoms with Crippen molar-refractivity contribution >= 4 is 10.0 Å². The molecule has 0 atom stereocenters. The first-order valence-corrected chi connectivity index (χ1v) is 7.42. The summed E-state index contributed by atoms with van der Waals surface area (Å²) in [6.07, 6.45) is 3.28. The van der Waals surface area contributed by atoms with Gasteiger partial charge in [-0.2, -0.15) is 9.57 Å². The number of imidazole rings is 1. The van der Waals surface area contributed by atoms with Crippen LogP contribution in [0.15, 0.2) is 35.5 Å². The maximum Gasteiger partial charge on any atom is 0.243 e. The highest BCUT2D eigenvalue weighted by Crippen LogP contribution is 2.19. The van der Waals surface area contributed by atoms with Gasteiger partial charge in [0.05, 0.1) is 17.0 Å². The molecule has 0 aliphatic carbocycles. The summed E-state index contributed by atoms with van der Waals surface area (Å²) in [5, 5.41) is 8.78. The van der Waals surface area contributed by atoms with Crippen LogP contribution in [0, 0.1) is 17.1 Å². The van der Waals surface area contributed by atoms with Crippen molar-refractivity contribution in [1.29, 1.82) is 5.26 Å². The molecular weight excluding hydrogens is 295 g/mol. The van der Waals surface area contributed by atoms with Gasteiger partial charge in [0, 0.05) is 26.5 Å². The second-order valence-corrected chi connectivity index (χ2v) is 6.51. The topological polar surface area (TPSA) is 79.0 Å². The molecule has 6 nitrogen and oxygen atoms in total. The lowest BCUT2D eigenvalue weighted by molar-refractivity contribution is 0.451. The Bertz CT molecular complexity index is 808. The molecule has 0 fully saturated rings. The minimum absolute atomic E-state index is 0.0745. The maximum atomic E-state index is 13.3. The maximum absolute atomic E-state index is 13.3. The molecule has 21 heavy (non-hydrogen) atoms. The molecule has 8 heteroatoms. The van der Waals surface area contributed by atoms with Crippen LogP contribution in [0.3, 0.4) is 0 Å². The molecule has 1 aromatic carbocycles. The molecule has 2 rings (SSSR count). The van der Waals surface area contributed by atoms with E-state index < -0.39 is 15.8 Å². The summed E-state index contributed by atoms with van der Waals surface area (Å²) in [7, 11) is -0.658. The standard InChI is InChI=1S/C13H13FN4O2S/c1-17-6-5-16-13(17)9-18(2)21(19,20)11-3-4-12(14)10(7-11)8-15/h3-7H,9H2,1-2H3. The van der Waals surface area contributed by atoms with E-state index in [0.717, 1.165) is 22.5 Å². The molecule has 0 aliphatic heterocycles. The Kier molecular flexibility index (Phi) is 4.06. The Hall–Kier alpha value is -2.24. The van der Waals surface area contributed by atoms with Crippen LogP contribution in [0.1, 0.15) is 11.4 Å². The van der Waals surface area contributed by atoms with Crippen LogP contribution >= 0.6 is 0 Å². The molecule has 2 aromatic rings.